The molecule has 1 rings (SSSR count). The number of nitrogens with zero attached hydrogens (tertiary/aromatic N) is 1. The maximum atomic E-state index is 6.04. The minimum atomic E-state index is 0.849. The van der Waals surface area contributed by atoms with Gasteiger partial charge >= 0.3 is 0 Å². The fourth-order valence-electron chi connectivity index (χ4n) is 1.28. The van der Waals surface area contributed by atoms with Crippen molar-refractivity contribution in [3.8, 4) is 0 Å². The van der Waals surface area contributed by atoms with Crippen LogP contribution in [-0.2, 0) is 6.54 Å². The summed E-state index contributed by atoms with van der Waals surface area (Å²) in [6, 6.07) is 6.20. The normalized spacial score (nSPS) is 11.0. The third-order valence-electron chi connectivity index (χ3n) is 2.30. The zero-order chi connectivity index (χ0) is 11.3. The van der Waals surface area contributed by atoms with Crippen LogP contribution in [0.1, 0.15) is 11.1 Å². The van der Waals surface area contributed by atoms with Gasteiger partial charge in [-0.3, -0.25) is 0 Å². The Morgan fingerprint density at radius 2 is 2.07 bits per heavy atom. The van der Waals surface area contributed by atoms with Gasteiger partial charge in [0.2, 0.25) is 0 Å². The first kappa shape index (κ1) is 12.5. The Balaban J connectivity index is 2.35. The van der Waals surface area contributed by atoms with Crippen LogP contribution in [0.5, 0.6) is 0 Å². The molecule has 0 radical (unpaired) electrons. The largest absolute Gasteiger partial charge is 0.311 e. The fraction of sp³-hybridized carbons (Fsp3) is 0.500. The lowest BCUT2D eigenvalue weighted by Crippen LogP contribution is -2.26. The number of hydrogen-bond acceptors (Lipinski definition) is 2. The van der Waals surface area contributed by atoms with Crippen LogP contribution in [-0.4, -0.2) is 32.1 Å². The van der Waals surface area contributed by atoms with Gasteiger partial charge in [0.25, 0.3) is 0 Å². The van der Waals surface area contributed by atoms with E-state index in [9.17, 15) is 0 Å². The molecule has 0 aliphatic heterocycles. The molecule has 15 heavy (non-hydrogen) atoms. The predicted molar refractivity (Wildman–Crippen MR) is 66.4 cm³/mol. The molecule has 0 bridgehead atoms. The van der Waals surface area contributed by atoms with Crippen LogP contribution in [0.3, 0.4) is 0 Å². The van der Waals surface area contributed by atoms with Crippen LogP contribution >= 0.6 is 11.6 Å². The standard InChI is InChI=1S/C12H19ClN2/c1-10-4-5-11(8-12(10)13)9-14-6-7-15(2)3/h4-5,8,14H,6-7,9H2,1-3H3. The van der Waals surface area contributed by atoms with E-state index >= 15 is 0 Å². The lowest BCUT2D eigenvalue weighted by atomic mass is 10.1. The van der Waals surface area contributed by atoms with E-state index in [4.69, 9.17) is 11.6 Å². The third kappa shape index (κ3) is 4.65. The molecule has 0 aliphatic carbocycles. The van der Waals surface area contributed by atoms with E-state index in [0.717, 1.165) is 30.2 Å². The molecule has 0 saturated carbocycles. The van der Waals surface area contributed by atoms with Crippen LogP contribution in [0, 0.1) is 6.92 Å². The van der Waals surface area contributed by atoms with E-state index in [1.807, 2.05) is 13.0 Å². The smallest absolute Gasteiger partial charge is 0.0438 e. The molecule has 3 heteroatoms. The first-order chi connectivity index (χ1) is 7.09. The topological polar surface area (TPSA) is 15.3 Å². The second-order valence-electron chi connectivity index (χ2n) is 4.06. The first-order valence-corrected chi connectivity index (χ1v) is 5.58. The van der Waals surface area contributed by atoms with Gasteiger partial charge in [0.15, 0.2) is 0 Å². The summed E-state index contributed by atoms with van der Waals surface area (Å²) in [5.74, 6) is 0. The molecular formula is C12H19ClN2. The summed E-state index contributed by atoms with van der Waals surface area (Å²) in [4.78, 5) is 2.16. The van der Waals surface area contributed by atoms with E-state index in [-0.39, 0.29) is 0 Å². The molecule has 0 aliphatic rings. The molecule has 0 unspecified atom stereocenters. The minimum absolute atomic E-state index is 0.849. The second-order valence-corrected chi connectivity index (χ2v) is 4.47. The highest BCUT2D eigenvalue weighted by Crippen LogP contribution is 2.16. The van der Waals surface area contributed by atoms with E-state index in [0.29, 0.717) is 0 Å². The summed E-state index contributed by atoms with van der Waals surface area (Å²) in [6.45, 7) is 4.96. The molecule has 0 amide bonds. The Morgan fingerprint density at radius 3 is 2.67 bits per heavy atom. The highest BCUT2D eigenvalue weighted by atomic mass is 35.5. The number of aryl methyl sites for hydroxylation is 1. The molecule has 0 heterocycles. The van der Waals surface area contributed by atoms with Crippen molar-refractivity contribution in [3.05, 3.63) is 34.3 Å². The molecule has 2 nitrogen and oxygen atoms in total. The molecular weight excluding hydrogens is 208 g/mol. The minimum Gasteiger partial charge on any atom is -0.311 e. The Labute approximate surface area is 97.2 Å². The Kier molecular flexibility index (Phi) is 5.09. The summed E-state index contributed by atoms with van der Waals surface area (Å²) >= 11 is 6.04. The highest BCUT2D eigenvalue weighted by Gasteiger charge is 1.97. The first-order valence-electron chi connectivity index (χ1n) is 5.20. The molecule has 1 N–H and O–H groups in total. The van der Waals surface area contributed by atoms with Gasteiger partial charge in [-0.05, 0) is 38.2 Å². The quantitative estimate of drug-likeness (QED) is 0.776. The zero-order valence-electron chi connectivity index (χ0n) is 9.68. The van der Waals surface area contributed by atoms with E-state index in [2.05, 4.69) is 36.4 Å². The molecule has 0 spiro atoms. The van der Waals surface area contributed by atoms with Gasteiger partial charge in [-0.1, -0.05) is 23.7 Å². The Bertz CT molecular complexity index is 310. The van der Waals surface area contributed by atoms with Gasteiger partial charge in [0, 0.05) is 24.7 Å². The van der Waals surface area contributed by atoms with Gasteiger partial charge in [-0.2, -0.15) is 0 Å². The number of benzene rings is 1. The van der Waals surface area contributed by atoms with Gasteiger partial charge in [0.05, 0.1) is 0 Å². The molecule has 1 aromatic carbocycles. The number of hydrogen-bond donors (Lipinski definition) is 1. The molecule has 0 atom stereocenters. The van der Waals surface area contributed by atoms with E-state index in [1.165, 1.54) is 5.56 Å². The van der Waals surface area contributed by atoms with Gasteiger partial charge < -0.3 is 10.2 Å². The molecule has 84 valence electrons. The monoisotopic (exact) mass is 226 g/mol. The van der Waals surface area contributed by atoms with Crippen molar-refractivity contribution in [1.82, 2.24) is 10.2 Å². The van der Waals surface area contributed by atoms with Crippen molar-refractivity contribution in [1.29, 1.82) is 0 Å². The number of nitrogens with one attached hydrogen (secondary N) is 1. The van der Waals surface area contributed by atoms with Crippen LogP contribution in [0.15, 0.2) is 18.2 Å². The van der Waals surface area contributed by atoms with Crippen LogP contribution < -0.4 is 5.32 Å². The number of likely N-dealkylation sites (N-methyl/N-ethyl adjacent to an activating group) is 1. The summed E-state index contributed by atoms with van der Waals surface area (Å²) in [5.41, 5.74) is 2.37. The van der Waals surface area contributed by atoms with Crippen molar-refractivity contribution in [2.24, 2.45) is 0 Å². The SMILES string of the molecule is Cc1ccc(CNCCN(C)C)cc1Cl. The van der Waals surface area contributed by atoms with Crippen LogP contribution in [0.25, 0.3) is 0 Å². The van der Waals surface area contributed by atoms with Gasteiger partial charge in [-0.25, -0.2) is 0 Å². The lowest BCUT2D eigenvalue weighted by molar-refractivity contribution is 0.400. The maximum absolute atomic E-state index is 6.04. The summed E-state index contributed by atoms with van der Waals surface area (Å²) < 4.78 is 0. The van der Waals surface area contributed by atoms with Crippen LogP contribution in [0.2, 0.25) is 5.02 Å². The Hall–Kier alpha value is -0.570. The van der Waals surface area contributed by atoms with Crippen molar-refractivity contribution in [3.63, 3.8) is 0 Å². The highest BCUT2D eigenvalue weighted by molar-refractivity contribution is 6.31. The Morgan fingerprint density at radius 1 is 1.33 bits per heavy atom. The lowest BCUT2D eigenvalue weighted by Gasteiger charge is -2.10. The fourth-order valence-corrected chi connectivity index (χ4v) is 1.48. The van der Waals surface area contributed by atoms with Gasteiger partial charge in [0.1, 0.15) is 0 Å². The van der Waals surface area contributed by atoms with Crippen molar-refractivity contribution >= 4 is 11.6 Å². The molecule has 0 saturated heterocycles. The third-order valence-corrected chi connectivity index (χ3v) is 2.71. The maximum Gasteiger partial charge on any atom is 0.0438 e. The number of halogens is 1. The molecule has 1 aromatic rings. The molecule has 0 fully saturated rings. The summed E-state index contributed by atoms with van der Waals surface area (Å²) in [5, 5.41) is 4.23. The van der Waals surface area contributed by atoms with Crippen molar-refractivity contribution < 1.29 is 0 Å². The van der Waals surface area contributed by atoms with Gasteiger partial charge in [-0.15, -0.1) is 0 Å². The average Bonchev–Trinajstić information content (AvgIpc) is 2.18. The average molecular weight is 227 g/mol. The number of rotatable bonds is 5. The predicted octanol–water partition coefficient (Wildman–Crippen LogP) is 2.30. The van der Waals surface area contributed by atoms with E-state index < -0.39 is 0 Å². The summed E-state index contributed by atoms with van der Waals surface area (Å²) in [7, 11) is 4.15. The van der Waals surface area contributed by atoms with Crippen molar-refractivity contribution in [2.45, 2.75) is 13.5 Å². The zero-order valence-corrected chi connectivity index (χ0v) is 10.4. The summed E-state index contributed by atoms with van der Waals surface area (Å²) in [6.07, 6.45) is 0. The van der Waals surface area contributed by atoms with E-state index in [1.54, 1.807) is 0 Å². The van der Waals surface area contributed by atoms with Crippen molar-refractivity contribution in [2.75, 3.05) is 27.2 Å². The van der Waals surface area contributed by atoms with Crippen LogP contribution in [0.4, 0.5) is 0 Å². The second kappa shape index (κ2) is 6.11. The molecule has 0 aromatic heterocycles.